The van der Waals surface area contributed by atoms with Crippen LogP contribution in [0.1, 0.15) is 39.3 Å². The zero-order valence-electron chi connectivity index (χ0n) is 13.4. The van der Waals surface area contributed by atoms with Crippen LogP contribution in [0.4, 0.5) is 0 Å². The first kappa shape index (κ1) is 16.8. The largest absolute Gasteiger partial charge is 0.598 e. The van der Waals surface area contributed by atoms with Gasteiger partial charge in [-0.25, -0.2) is 4.98 Å². The van der Waals surface area contributed by atoms with Gasteiger partial charge in [0.1, 0.15) is 10.5 Å². The molecule has 0 aliphatic rings. The highest BCUT2D eigenvalue weighted by molar-refractivity contribution is 7.90. The number of pyridine rings is 1. The molecule has 2 rings (SSSR count). The molecule has 22 heavy (non-hydrogen) atoms. The summed E-state index contributed by atoms with van der Waals surface area (Å²) >= 11 is -1.11. The fourth-order valence-electron chi connectivity index (χ4n) is 1.72. The van der Waals surface area contributed by atoms with E-state index in [1.165, 1.54) is 0 Å². The molecular weight excluding hydrogens is 296 g/mol. The van der Waals surface area contributed by atoms with Gasteiger partial charge >= 0.3 is 0 Å². The minimum Gasteiger partial charge on any atom is -0.598 e. The van der Waals surface area contributed by atoms with Crippen LogP contribution in [-0.4, -0.2) is 14.3 Å². The topological polar surface area (TPSA) is 57.2 Å². The van der Waals surface area contributed by atoms with Crippen molar-refractivity contribution in [3.8, 4) is 11.6 Å². The second kappa shape index (κ2) is 7.13. The van der Waals surface area contributed by atoms with Crippen molar-refractivity contribution in [2.75, 3.05) is 0 Å². The molecule has 0 bridgehead atoms. The van der Waals surface area contributed by atoms with Crippen LogP contribution in [0.5, 0.6) is 11.6 Å². The molecule has 0 saturated heterocycles. The van der Waals surface area contributed by atoms with Crippen LogP contribution in [0.25, 0.3) is 0 Å². The van der Waals surface area contributed by atoms with Gasteiger partial charge in [0.05, 0.1) is 6.04 Å². The van der Waals surface area contributed by atoms with Gasteiger partial charge in [-0.15, -0.1) is 4.72 Å². The lowest BCUT2D eigenvalue weighted by Crippen LogP contribution is -2.40. The molecule has 1 N–H and O–H groups in total. The Balaban J connectivity index is 1.99. The van der Waals surface area contributed by atoms with Gasteiger partial charge in [0.25, 0.3) is 0 Å². The maximum atomic E-state index is 12.1. The number of ether oxygens (including phenoxy) is 1. The second-order valence-electron chi connectivity index (χ2n) is 6.07. The number of rotatable bonds is 5. The summed E-state index contributed by atoms with van der Waals surface area (Å²) in [7, 11) is 0. The van der Waals surface area contributed by atoms with Crippen molar-refractivity contribution in [3.63, 3.8) is 0 Å². The summed E-state index contributed by atoms with van der Waals surface area (Å²) in [6, 6.07) is 13.2. The Morgan fingerprint density at radius 1 is 1.14 bits per heavy atom. The highest BCUT2D eigenvalue weighted by atomic mass is 32.2. The number of aromatic nitrogens is 1. The Hall–Kier alpha value is -1.56. The number of nitrogens with zero attached hydrogens (tertiary/aromatic N) is 1. The van der Waals surface area contributed by atoms with Gasteiger partial charge in [-0.05, 0) is 45.4 Å². The summed E-state index contributed by atoms with van der Waals surface area (Å²) in [6.07, 6.45) is 1.75. The first-order valence-corrected chi connectivity index (χ1v) is 8.38. The summed E-state index contributed by atoms with van der Waals surface area (Å²) in [4.78, 5) is 4.30. The molecule has 0 spiro atoms. The van der Waals surface area contributed by atoms with Crippen LogP contribution >= 0.6 is 0 Å². The van der Waals surface area contributed by atoms with Gasteiger partial charge < -0.3 is 9.29 Å². The number of para-hydroxylation sites is 1. The molecule has 0 aliphatic heterocycles. The summed E-state index contributed by atoms with van der Waals surface area (Å²) in [5, 5.41) is 0. The quantitative estimate of drug-likeness (QED) is 0.847. The van der Waals surface area contributed by atoms with Crippen molar-refractivity contribution >= 4 is 11.4 Å². The zero-order chi connectivity index (χ0) is 16.2. The summed E-state index contributed by atoms with van der Waals surface area (Å²) in [5.74, 6) is 1.29. The van der Waals surface area contributed by atoms with Crippen molar-refractivity contribution in [1.29, 1.82) is 0 Å². The Labute approximate surface area is 135 Å². The van der Waals surface area contributed by atoms with E-state index in [0.29, 0.717) is 5.88 Å². The summed E-state index contributed by atoms with van der Waals surface area (Å²) in [5.41, 5.74) is 0.970. The average molecular weight is 318 g/mol. The van der Waals surface area contributed by atoms with E-state index in [9.17, 15) is 4.55 Å². The van der Waals surface area contributed by atoms with E-state index in [2.05, 4.69) is 9.71 Å². The van der Waals surface area contributed by atoms with Gasteiger partial charge in [-0.3, -0.25) is 0 Å². The third-order valence-electron chi connectivity index (χ3n) is 3.06. The molecule has 1 heterocycles. The Morgan fingerprint density at radius 3 is 2.36 bits per heavy atom. The van der Waals surface area contributed by atoms with Crippen LogP contribution in [-0.2, 0) is 11.4 Å². The van der Waals surface area contributed by atoms with Crippen LogP contribution in [0.15, 0.2) is 48.7 Å². The number of nitrogens with one attached hydrogen (secondary N) is 1. The second-order valence-corrected chi connectivity index (χ2v) is 8.06. The van der Waals surface area contributed by atoms with Crippen LogP contribution in [0.2, 0.25) is 0 Å². The first-order chi connectivity index (χ1) is 10.4. The molecule has 2 aromatic rings. The smallest absolute Gasteiger partial charge is 0.219 e. The summed E-state index contributed by atoms with van der Waals surface area (Å²) < 4.78 is 20.6. The first-order valence-electron chi connectivity index (χ1n) is 7.23. The SMILES string of the molecule is C[C@H](N[S+]([O-])C(C)(C)C)c1ccc(Oc2ccccc2)nc1. The van der Waals surface area contributed by atoms with E-state index in [4.69, 9.17) is 4.74 Å². The molecule has 0 fully saturated rings. The van der Waals surface area contributed by atoms with Crippen molar-refractivity contribution < 1.29 is 9.29 Å². The number of hydrogen-bond acceptors (Lipinski definition) is 4. The molecule has 0 saturated carbocycles. The van der Waals surface area contributed by atoms with Gasteiger partial charge in [0, 0.05) is 23.6 Å². The maximum Gasteiger partial charge on any atom is 0.219 e. The minimum absolute atomic E-state index is 0.0432. The van der Waals surface area contributed by atoms with Crippen molar-refractivity contribution in [2.24, 2.45) is 0 Å². The lowest BCUT2D eigenvalue weighted by molar-refractivity contribution is 0.462. The minimum atomic E-state index is -1.11. The summed E-state index contributed by atoms with van der Waals surface area (Å²) in [6.45, 7) is 7.80. The fourth-order valence-corrected chi connectivity index (χ4v) is 2.53. The van der Waals surface area contributed by atoms with Crippen LogP contribution in [0.3, 0.4) is 0 Å². The monoisotopic (exact) mass is 318 g/mol. The Morgan fingerprint density at radius 2 is 1.82 bits per heavy atom. The molecule has 1 aromatic heterocycles. The number of hydrogen-bond donors (Lipinski definition) is 1. The predicted molar refractivity (Wildman–Crippen MR) is 90.2 cm³/mol. The molecule has 1 unspecified atom stereocenters. The van der Waals surface area contributed by atoms with Crippen molar-refractivity contribution in [1.82, 2.24) is 9.71 Å². The van der Waals surface area contributed by atoms with Gasteiger partial charge in [-0.2, -0.15) is 0 Å². The lowest BCUT2D eigenvalue weighted by Gasteiger charge is -2.26. The predicted octanol–water partition coefficient (Wildman–Crippen LogP) is 3.99. The molecule has 0 aliphatic carbocycles. The molecule has 0 radical (unpaired) electrons. The fraction of sp³-hybridized carbons (Fsp3) is 0.353. The molecule has 4 nitrogen and oxygen atoms in total. The normalized spacial score (nSPS) is 14.4. The third-order valence-corrected chi connectivity index (χ3v) is 4.74. The van der Waals surface area contributed by atoms with E-state index in [0.717, 1.165) is 11.3 Å². The Kier molecular flexibility index (Phi) is 5.45. The molecule has 1 aromatic carbocycles. The van der Waals surface area contributed by atoms with Gasteiger partial charge in [0.15, 0.2) is 0 Å². The molecule has 0 amide bonds. The van der Waals surface area contributed by atoms with Gasteiger partial charge in [0.2, 0.25) is 5.88 Å². The van der Waals surface area contributed by atoms with E-state index < -0.39 is 11.4 Å². The van der Waals surface area contributed by atoms with E-state index in [-0.39, 0.29) is 10.8 Å². The maximum absolute atomic E-state index is 12.1. The zero-order valence-corrected chi connectivity index (χ0v) is 14.2. The highest BCUT2D eigenvalue weighted by Crippen LogP contribution is 2.22. The number of benzene rings is 1. The molecule has 118 valence electrons. The average Bonchev–Trinajstić information content (AvgIpc) is 2.48. The third kappa shape index (κ3) is 4.73. The van der Waals surface area contributed by atoms with Crippen molar-refractivity contribution in [2.45, 2.75) is 38.5 Å². The van der Waals surface area contributed by atoms with Crippen LogP contribution in [0, 0.1) is 0 Å². The van der Waals surface area contributed by atoms with E-state index in [1.807, 2.05) is 70.2 Å². The standard InChI is InChI=1S/C17H22N2O2S/c1-13(19-22(20)17(2,3)4)14-10-11-16(18-12-14)21-15-8-6-5-7-9-15/h5-13,19H,1-4H3/t13-,22?/m0/s1. The van der Waals surface area contributed by atoms with Gasteiger partial charge in [-0.1, -0.05) is 24.3 Å². The lowest BCUT2D eigenvalue weighted by atomic mass is 10.2. The Bertz CT molecular complexity index is 582. The molecule has 5 heteroatoms. The molecule has 2 atom stereocenters. The molecular formula is C17H22N2O2S. The van der Waals surface area contributed by atoms with E-state index in [1.54, 1.807) is 6.20 Å². The van der Waals surface area contributed by atoms with Crippen LogP contribution < -0.4 is 9.46 Å². The van der Waals surface area contributed by atoms with E-state index >= 15 is 0 Å². The highest BCUT2D eigenvalue weighted by Gasteiger charge is 2.28. The van der Waals surface area contributed by atoms with Crippen molar-refractivity contribution in [3.05, 3.63) is 54.2 Å².